The molecule has 0 radical (unpaired) electrons. The molecule has 31 heavy (non-hydrogen) atoms. The first kappa shape index (κ1) is 23.9. The molecule has 0 aromatic heterocycles. The van der Waals surface area contributed by atoms with E-state index in [1.54, 1.807) is 12.1 Å². The molecule has 0 saturated carbocycles. The second-order valence-electron chi connectivity index (χ2n) is 7.51. The maximum atomic E-state index is 13.9. The summed E-state index contributed by atoms with van der Waals surface area (Å²) in [7, 11) is -4.20. The third-order valence-electron chi connectivity index (χ3n) is 5.40. The fraction of sp³-hybridized carbons (Fsp3) is 0.381. The zero-order chi connectivity index (χ0) is 22.6. The Morgan fingerprint density at radius 1 is 1.19 bits per heavy atom. The molecule has 1 aliphatic heterocycles. The summed E-state index contributed by atoms with van der Waals surface area (Å²) in [5, 5.41) is 3.82. The van der Waals surface area contributed by atoms with Crippen LogP contribution in [-0.2, 0) is 25.0 Å². The first-order chi connectivity index (χ1) is 14.6. The molecule has 1 amide bonds. The lowest BCUT2D eigenvalue weighted by molar-refractivity contribution is -0.122. The van der Waals surface area contributed by atoms with E-state index >= 15 is 0 Å². The van der Waals surface area contributed by atoms with E-state index in [2.05, 4.69) is 10.0 Å². The first-order valence-corrected chi connectivity index (χ1v) is 12.0. The molecule has 3 rings (SSSR count). The maximum Gasteiger partial charge on any atom is 0.244 e. The van der Waals surface area contributed by atoms with Crippen LogP contribution in [0.25, 0.3) is 0 Å². The molecule has 1 atom stereocenters. The van der Waals surface area contributed by atoms with E-state index < -0.39 is 38.1 Å². The number of carbonyl (C=O) groups is 1. The Hall–Kier alpha value is -1.71. The predicted molar refractivity (Wildman–Crippen MR) is 117 cm³/mol. The number of carbonyl (C=O) groups excluding carboxylic acids is 1. The first-order valence-electron chi connectivity index (χ1n) is 9.72. The molecule has 0 unspecified atom stereocenters. The van der Waals surface area contributed by atoms with E-state index in [9.17, 15) is 17.6 Å². The Balaban J connectivity index is 1.73. The highest BCUT2D eigenvalue weighted by atomic mass is 35.5. The summed E-state index contributed by atoms with van der Waals surface area (Å²) in [5.74, 6) is -1.42. The van der Waals surface area contributed by atoms with Gasteiger partial charge < -0.3 is 10.1 Å². The number of rotatable bonds is 7. The predicted octanol–water partition coefficient (Wildman–Crippen LogP) is 3.66. The highest BCUT2D eigenvalue weighted by molar-refractivity contribution is 7.89. The van der Waals surface area contributed by atoms with Gasteiger partial charge in [0.05, 0.1) is 6.04 Å². The topological polar surface area (TPSA) is 84.5 Å². The van der Waals surface area contributed by atoms with E-state index in [1.165, 1.54) is 19.1 Å². The van der Waals surface area contributed by atoms with Crippen molar-refractivity contribution in [1.29, 1.82) is 0 Å². The van der Waals surface area contributed by atoms with Gasteiger partial charge in [0, 0.05) is 35.2 Å². The van der Waals surface area contributed by atoms with Crippen molar-refractivity contribution in [3.8, 4) is 0 Å². The molecule has 1 fully saturated rings. The molecule has 2 aromatic carbocycles. The van der Waals surface area contributed by atoms with E-state index in [0.717, 1.165) is 17.7 Å². The Labute approximate surface area is 191 Å². The van der Waals surface area contributed by atoms with Crippen molar-refractivity contribution in [2.75, 3.05) is 19.8 Å². The Bertz CT molecular complexity index is 1060. The minimum atomic E-state index is -4.20. The van der Waals surface area contributed by atoms with Crippen LogP contribution in [0.4, 0.5) is 4.39 Å². The molecule has 1 heterocycles. The molecule has 2 aromatic rings. The van der Waals surface area contributed by atoms with Crippen LogP contribution < -0.4 is 10.0 Å². The fourth-order valence-electron chi connectivity index (χ4n) is 3.64. The lowest BCUT2D eigenvalue weighted by Crippen LogP contribution is -2.50. The lowest BCUT2D eigenvalue weighted by Gasteiger charge is -2.38. The monoisotopic (exact) mass is 488 g/mol. The van der Waals surface area contributed by atoms with Crippen LogP contribution in [0.2, 0.25) is 10.0 Å². The van der Waals surface area contributed by atoms with Crippen molar-refractivity contribution in [1.82, 2.24) is 10.0 Å². The summed E-state index contributed by atoms with van der Waals surface area (Å²) in [5.41, 5.74) is 0.376. The fourth-order valence-corrected chi connectivity index (χ4v) is 5.54. The highest BCUT2D eigenvalue weighted by Crippen LogP contribution is 2.39. The summed E-state index contributed by atoms with van der Waals surface area (Å²) in [6.07, 6.45) is 1.26. The number of nitrogens with one attached hydrogen (secondary N) is 2. The van der Waals surface area contributed by atoms with Gasteiger partial charge in [-0.1, -0.05) is 41.4 Å². The van der Waals surface area contributed by atoms with Crippen molar-refractivity contribution in [2.24, 2.45) is 0 Å². The molecule has 1 saturated heterocycles. The molecule has 0 bridgehead atoms. The van der Waals surface area contributed by atoms with Crippen LogP contribution >= 0.6 is 23.2 Å². The van der Waals surface area contributed by atoms with Crippen molar-refractivity contribution >= 4 is 39.1 Å². The van der Waals surface area contributed by atoms with Gasteiger partial charge in [0.2, 0.25) is 15.9 Å². The van der Waals surface area contributed by atoms with Crippen LogP contribution in [0.5, 0.6) is 0 Å². The van der Waals surface area contributed by atoms with Crippen molar-refractivity contribution < 1.29 is 22.3 Å². The van der Waals surface area contributed by atoms with Crippen LogP contribution in [0.1, 0.15) is 25.3 Å². The van der Waals surface area contributed by atoms with Gasteiger partial charge in [-0.3, -0.25) is 4.79 Å². The molecule has 10 heteroatoms. The molecular formula is C21H23Cl2FN2O4S. The van der Waals surface area contributed by atoms with Crippen LogP contribution in [0.15, 0.2) is 47.4 Å². The summed E-state index contributed by atoms with van der Waals surface area (Å²) in [6.45, 7) is 2.65. The lowest BCUT2D eigenvalue weighted by atomic mass is 9.74. The average Bonchev–Trinajstić information content (AvgIpc) is 2.72. The van der Waals surface area contributed by atoms with Gasteiger partial charge in [0.15, 0.2) is 0 Å². The number of hydrogen-bond acceptors (Lipinski definition) is 4. The van der Waals surface area contributed by atoms with Crippen molar-refractivity contribution in [3.63, 3.8) is 0 Å². The summed E-state index contributed by atoms with van der Waals surface area (Å²) in [4.78, 5) is 12.2. The zero-order valence-electron chi connectivity index (χ0n) is 16.8. The van der Waals surface area contributed by atoms with Gasteiger partial charge in [-0.15, -0.1) is 0 Å². The van der Waals surface area contributed by atoms with Crippen LogP contribution in [-0.4, -0.2) is 40.1 Å². The highest BCUT2D eigenvalue weighted by Gasteiger charge is 2.37. The second kappa shape index (κ2) is 9.83. The van der Waals surface area contributed by atoms with Crippen LogP contribution in [0, 0.1) is 5.82 Å². The van der Waals surface area contributed by atoms with Gasteiger partial charge in [0.1, 0.15) is 10.7 Å². The number of hydrogen-bond donors (Lipinski definition) is 2. The maximum absolute atomic E-state index is 13.9. The Morgan fingerprint density at radius 3 is 2.52 bits per heavy atom. The van der Waals surface area contributed by atoms with E-state index in [4.69, 9.17) is 27.9 Å². The quantitative estimate of drug-likeness (QED) is 0.622. The van der Waals surface area contributed by atoms with Gasteiger partial charge >= 0.3 is 0 Å². The molecule has 1 aliphatic rings. The largest absolute Gasteiger partial charge is 0.381 e. The van der Waals surface area contributed by atoms with Gasteiger partial charge in [-0.25, -0.2) is 12.8 Å². The SMILES string of the molecule is C[C@H](NS(=O)(=O)c1ccccc1F)C(=O)NCC1(c2ccc(Cl)cc2Cl)CCOCC1. The third kappa shape index (κ3) is 5.56. The van der Waals surface area contributed by atoms with E-state index in [1.807, 2.05) is 6.07 Å². The Morgan fingerprint density at radius 2 is 1.87 bits per heavy atom. The van der Waals surface area contributed by atoms with E-state index in [0.29, 0.717) is 36.1 Å². The smallest absolute Gasteiger partial charge is 0.244 e. The molecule has 6 nitrogen and oxygen atoms in total. The Kier molecular flexibility index (Phi) is 7.59. The minimum Gasteiger partial charge on any atom is -0.381 e. The summed E-state index contributed by atoms with van der Waals surface area (Å²) < 4.78 is 46.5. The summed E-state index contributed by atoms with van der Waals surface area (Å²) in [6, 6.07) is 9.11. The van der Waals surface area contributed by atoms with Crippen molar-refractivity contribution in [2.45, 2.75) is 36.1 Å². The molecule has 0 aliphatic carbocycles. The van der Waals surface area contributed by atoms with Gasteiger partial charge in [0.25, 0.3) is 0 Å². The molecule has 2 N–H and O–H groups in total. The van der Waals surface area contributed by atoms with Crippen LogP contribution in [0.3, 0.4) is 0 Å². The standard InChI is InChI=1S/C21H23Cl2FN2O4S/c1-14(26-31(28,29)19-5-3-2-4-18(19)24)20(27)25-13-21(8-10-30-11-9-21)16-7-6-15(22)12-17(16)23/h2-7,12,14,26H,8-11,13H2,1H3,(H,25,27)/t14-/m0/s1. The van der Waals surface area contributed by atoms with Gasteiger partial charge in [-0.05, 0) is 49.6 Å². The van der Waals surface area contributed by atoms with E-state index in [-0.39, 0.29) is 6.54 Å². The number of ether oxygens (including phenoxy) is 1. The number of amides is 1. The number of halogens is 3. The second-order valence-corrected chi connectivity index (χ2v) is 10.0. The minimum absolute atomic E-state index is 0.238. The molecule has 168 valence electrons. The normalized spacial score (nSPS) is 17.2. The van der Waals surface area contributed by atoms with Crippen molar-refractivity contribution in [3.05, 3.63) is 63.9 Å². The molecule has 0 spiro atoms. The average molecular weight is 489 g/mol. The zero-order valence-corrected chi connectivity index (χ0v) is 19.2. The molecular weight excluding hydrogens is 466 g/mol. The summed E-state index contributed by atoms with van der Waals surface area (Å²) >= 11 is 12.5. The third-order valence-corrected chi connectivity index (χ3v) is 7.53. The number of sulfonamides is 1. The number of benzene rings is 2. The van der Waals surface area contributed by atoms with Gasteiger partial charge in [-0.2, -0.15) is 4.72 Å².